The van der Waals surface area contributed by atoms with Gasteiger partial charge in [-0.15, -0.1) is 0 Å². The molecule has 7 nitrogen and oxygen atoms in total. The van der Waals surface area contributed by atoms with Crippen LogP contribution in [0.4, 0.5) is 5.69 Å². The van der Waals surface area contributed by atoms with Crippen molar-refractivity contribution < 1.29 is 14.2 Å². The van der Waals surface area contributed by atoms with E-state index in [9.17, 15) is 5.26 Å². The Morgan fingerprint density at radius 2 is 2.10 bits per heavy atom. The van der Waals surface area contributed by atoms with Gasteiger partial charge in [-0.25, -0.2) is 4.98 Å². The van der Waals surface area contributed by atoms with Crippen molar-refractivity contribution in [3.8, 4) is 11.9 Å². The standard InChI is InChI=1S/C22H32N4O3/c1-27-16-22-6-3-18(25-9-11-29-12-10-25)13-17(22)5-8-26(15-22)20-4-7-24-21(28-2)19(20)14-23/h4,7,17-18H,3,5-6,8-13,15-16H2,1-2H3/t17-,18-,22+/m0/s1. The third-order valence-electron chi connectivity index (χ3n) is 7.19. The molecule has 0 aromatic carbocycles. The molecule has 0 spiro atoms. The number of pyridine rings is 1. The quantitative estimate of drug-likeness (QED) is 0.751. The third-order valence-corrected chi connectivity index (χ3v) is 7.19. The molecule has 3 heterocycles. The van der Waals surface area contributed by atoms with Gasteiger partial charge >= 0.3 is 0 Å². The summed E-state index contributed by atoms with van der Waals surface area (Å²) < 4.78 is 16.6. The van der Waals surface area contributed by atoms with Crippen LogP contribution in [-0.2, 0) is 9.47 Å². The monoisotopic (exact) mass is 400 g/mol. The van der Waals surface area contributed by atoms with Crippen LogP contribution in [0.2, 0.25) is 0 Å². The minimum Gasteiger partial charge on any atom is -0.480 e. The predicted octanol–water partition coefficient (Wildman–Crippen LogP) is 2.31. The van der Waals surface area contributed by atoms with Crippen LogP contribution in [0.1, 0.15) is 31.2 Å². The fraction of sp³-hybridized carbons (Fsp3) is 0.727. The zero-order valence-electron chi connectivity index (χ0n) is 17.6. The van der Waals surface area contributed by atoms with Crippen LogP contribution in [0.3, 0.4) is 0 Å². The molecule has 3 fully saturated rings. The first-order chi connectivity index (χ1) is 14.2. The van der Waals surface area contributed by atoms with Gasteiger partial charge in [-0.3, -0.25) is 4.90 Å². The maximum Gasteiger partial charge on any atom is 0.233 e. The number of rotatable bonds is 5. The molecule has 0 radical (unpaired) electrons. The molecule has 1 aromatic rings. The van der Waals surface area contributed by atoms with Crippen LogP contribution in [0.15, 0.2) is 12.3 Å². The van der Waals surface area contributed by atoms with E-state index in [1.165, 1.54) is 12.8 Å². The normalized spacial score (nSPS) is 30.4. The summed E-state index contributed by atoms with van der Waals surface area (Å²) in [5, 5.41) is 9.70. The molecule has 3 atom stereocenters. The molecule has 0 unspecified atom stereocenters. The van der Waals surface area contributed by atoms with Gasteiger partial charge in [0, 0.05) is 50.9 Å². The lowest BCUT2D eigenvalue weighted by Crippen LogP contribution is -2.57. The Hall–Kier alpha value is -1.88. The average Bonchev–Trinajstić information content (AvgIpc) is 2.78. The fourth-order valence-electron chi connectivity index (χ4n) is 5.72. The fourth-order valence-corrected chi connectivity index (χ4v) is 5.72. The van der Waals surface area contributed by atoms with Crippen molar-refractivity contribution >= 4 is 5.69 Å². The van der Waals surface area contributed by atoms with Crippen molar-refractivity contribution in [1.29, 1.82) is 5.26 Å². The number of morpholine rings is 1. The van der Waals surface area contributed by atoms with Crippen LogP contribution >= 0.6 is 0 Å². The highest BCUT2D eigenvalue weighted by Gasteiger charge is 2.48. The van der Waals surface area contributed by atoms with Crippen molar-refractivity contribution in [3.63, 3.8) is 0 Å². The molecule has 1 aromatic heterocycles. The van der Waals surface area contributed by atoms with Crippen molar-refractivity contribution in [3.05, 3.63) is 17.8 Å². The number of hydrogen-bond donors (Lipinski definition) is 0. The Labute approximate surface area is 173 Å². The zero-order valence-corrected chi connectivity index (χ0v) is 17.6. The number of hydrogen-bond acceptors (Lipinski definition) is 7. The topological polar surface area (TPSA) is 70.8 Å². The number of nitriles is 1. The summed E-state index contributed by atoms with van der Waals surface area (Å²) in [6.07, 6.45) is 6.47. The number of ether oxygens (including phenoxy) is 3. The number of methoxy groups -OCH3 is 2. The van der Waals surface area contributed by atoms with E-state index in [0.29, 0.717) is 23.4 Å². The first-order valence-corrected chi connectivity index (χ1v) is 10.7. The van der Waals surface area contributed by atoms with Crippen LogP contribution in [0.25, 0.3) is 0 Å². The van der Waals surface area contributed by atoms with Gasteiger partial charge in [-0.2, -0.15) is 5.26 Å². The summed E-state index contributed by atoms with van der Waals surface area (Å²) in [6, 6.07) is 4.91. The third kappa shape index (κ3) is 3.94. The summed E-state index contributed by atoms with van der Waals surface area (Å²) in [5.41, 5.74) is 1.60. The Kier molecular flexibility index (Phi) is 6.23. The molecule has 1 saturated carbocycles. The number of aromatic nitrogens is 1. The van der Waals surface area contributed by atoms with Gasteiger partial charge < -0.3 is 19.1 Å². The predicted molar refractivity (Wildman–Crippen MR) is 110 cm³/mol. The lowest BCUT2D eigenvalue weighted by Gasteiger charge is -2.54. The molecule has 0 amide bonds. The molecule has 158 valence electrons. The highest BCUT2D eigenvalue weighted by Crippen LogP contribution is 2.49. The molecule has 29 heavy (non-hydrogen) atoms. The van der Waals surface area contributed by atoms with E-state index in [1.54, 1.807) is 13.3 Å². The molecule has 0 N–H and O–H groups in total. The number of anilines is 1. The van der Waals surface area contributed by atoms with Crippen LogP contribution in [0, 0.1) is 22.7 Å². The SMILES string of the molecule is COC[C@]12CC[C@H](N3CCOCC3)C[C@@H]1CCN(c1ccnc(OC)c1C#N)C2. The van der Waals surface area contributed by atoms with E-state index >= 15 is 0 Å². The lowest BCUT2D eigenvalue weighted by atomic mass is 9.61. The first kappa shape index (κ1) is 20.4. The van der Waals surface area contributed by atoms with E-state index in [2.05, 4.69) is 20.9 Å². The van der Waals surface area contributed by atoms with Gasteiger partial charge in [0.2, 0.25) is 5.88 Å². The van der Waals surface area contributed by atoms with Gasteiger partial charge in [0.05, 0.1) is 32.6 Å². The second-order valence-electron chi connectivity index (χ2n) is 8.61. The summed E-state index contributed by atoms with van der Waals surface area (Å²) in [4.78, 5) is 9.20. The van der Waals surface area contributed by atoms with Crippen molar-refractivity contribution in [1.82, 2.24) is 9.88 Å². The summed E-state index contributed by atoms with van der Waals surface area (Å²) in [5.74, 6) is 1.05. The van der Waals surface area contributed by atoms with Crippen molar-refractivity contribution in [2.24, 2.45) is 11.3 Å². The van der Waals surface area contributed by atoms with Gasteiger partial charge in [0.1, 0.15) is 11.6 Å². The number of piperidine rings is 1. The van der Waals surface area contributed by atoms with Gasteiger partial charge in [-0.05, 0) is 37.7 Å². The molecular formula is C22H32N4O3. The maximum atomic E-state index is 9.70. The van der Waals surface area contributed by atoms with E-state index in [-0.39, 0.29) is 5.41 Å². The molecule has 1 aliphatic carbocycles. The smallest absolute Gasteiger partial charge is 0.233 e. The minimum absolute atomic E-state index is 0.138. The second-order valence-corrected chi connectivity index (χ2v) is 8.61. The number of fused-ring (bicyclic) bond motifs is 1. The van der Waals surface area contributed by atoms with E-state index in [0.717, 1.165) is 64.5 Å². The van der Waals surface area contributed by atoms with E-state index < -0.39 is 0 Å². The van der Waals surface area contributed by atoms with E-state index in [4.69, 9.17) is 14.2 Å². The van der Waals surface area contributed by atoms with Gasteiger partial charge in [-0.1, -0.05) is 0 Å². The maximum absolute atomic E-state index is 9.70. The molecule has 2 aliphatic heterocycles. The Balaban J connectivity index is 1.54. The average molecular weight is 401 g/mol. The summed E-state index contributed by atoms with van der Waals surface area (Å²) in [7, 11) is 3.38. The van der Waals surface area contributed by atoms with Crippen molar-refractivity contribution in [2.45, 2.75) is 31.7 Å². The summed E-state index contributed by atoms with van der Waals surface area (Å²) in [6.45, 7) is 6.48. The highest BCUT2D eigenvalue weighted by molar-refractivity contribution is 5.63. The minimum atomic E-state index is 0.138. The molecule has 0 bridgehead atoms. The van der Waals surface area contributed by atoms with Crippen LogP contribution in [-0.4, -0.2) is 76.1 Å². The lowest BCUT2D eigenvalue weighted by molar-refractivity contribution is -0.0539. The van der Waals surface area contributed by atoms with Crippen LogP contribution < -0.4 is 9.64 Å². The molecule has 7 heteroatoms. The second kappa shape index (κ2) is 8.86. The zero-order chi connectivity index (χ0) is 20.3. The molecular weight excluding hydrogens is 368 g/mol. The largest absolute Gasteiger partial charge is 0.480 e. The molecule has 3 aliphatic rings. The number of nitrogens with zero attached hydrogens (tertiary/aromatic N) is 4. The van der Waals surface area contributed by atoms with Gasteiger partial charge in [0.15, 0.2) is 0 Å². The Bertz CT molecular complexity index is 746. The van der Waals surface area contributed by atoms with E-state index in [1.807, 2.05) is 13.2 Å². The Morgan fingerprint density at radius 3 is 2.83 bits per heavy atom. The first-order valence-electron chi connectivity index (χ1n) is 10.7. The highest BCUT2D eigenvalue weighted by atomic mass is 16.5. The summed E-state index contributed by atoms with van der Waals surface area (Å²) >= 11 is 0. The van der Waals surface area contributed by atoms with Crippen molar-refractivity contribution in [2.75, 3.05) is 65.1 Å². The van der Waals surface area contributed by atoms with Gasteiger partial charge in [0.25, 0.3) is 0 Å². The van der Waals surface area contributed by atoms with Crippen LogP contribution in [0.5, 0.6) is 5.88 Å². The molecule has 4 rings (SSSR count). The molecule has 2 saturated heterocycles. The Morgan fingerprint density at radius 1 is 1.28 bits per heavy atom.